The number of aromatic nitrogens is 4. The summed E-state index contributed by atoms with van der Waals surface area (Å²) in [6, 6.07) is 8.83. The zero-order valence-corrected chi connectivity index (χ0v) is 11.2. The maximum Gasteiger partial charge on any atom is 0.143 e. The highest BCUT2D eigenvalue weighted by atomic mass is 15.5. The van der Waals surface area contributed by atoms with Gasteiger partial charge in [-0.3, -0.25) is 0 Å². The number of nitrogens with one attached hydrogen (secondary N) is 1. The molecule has 1 aromatic heterocycles. The summed E-state index contributed by atoms with van der Waals surface area (Å²) in [7, 11) is 0. The van der Waals surface area contributed by atoms with E-state index in [1.54, 1.807) is 11.0 Å². The van der Waals surface area contributed by atoms with Crippen LogP contribution in [0.4, 0.5) is 5.69 Å². The van der Waals surface area contributed by atoms with E-state index in [0.717, 1.165) is 17.3 Å². The highest BCUT2D eigenvalue weighted by Gasteiger charge is 2.17. The standard InChI is InChI=1S/C14H19N5/c1-11-5-7-12(8-6-11)16-13-3-2-4-14(9-13)19-10-15-17-18-19/h2-4,9-12,16H,5-8H2,1H3. The van der Waals surface area contributed by atoms with E-state index in [1.807, 2.05) is 12.1 Å². The molecule has 19 heavy (non-hydrogen) atoms. The van der Waals surface area contributed by atoms with E-state index in [4.69, 9.17) is 0 Å². The van der Waals surface area contributed by atoms with E-state index < -0.39 is 0 Å². The fourth-order valence-electron chi connectivity index (χ4n) is 2.66. The average Bonchev–Trinajstić information content (AvgIpc) is 2.96. The first kappa shape index (κ1) is 12.1. The van der Waals surface area contributed by atoms with Gasteiger partial charge in [-0.1, -0.05) is 13.0 Å². The fourth-order valence-corrected chi connectivity index (χ4v) is 2.66. The number of hydrogen-bond donors (Lipinski definition) is 1. The Morgan fingerprint density at radius 1 is 1.21 bits per heavy atom. The van der Waals surface area contributed by atoms with Gasteiger partial charge in [-0.15, -0.1) is 5.10 Å². The number of tetrazole rings is 1. The van der Waals surface area contributed by atoms with Crippen molar-refractivity contribution in [3.05, 3.63) is 30.6 Å². The Bertz CT molecular complexity index is 514. The second-order valence-electron chi connectivity index (χ2n) is 5.41. The summed E-state index contributed by atoms with van der Waals surface area (Å²) in [6.45, 7) is 2.34. The molecule has 0 atom stereocenters. The molecule has 0 radical (unpaired) electrons. The van der Waals surface area contributed by atoms with Crippen molar-refractivity contribution in [1.29, 1.82) is 0 Å². The summed E-state index contributed by atoms with van der Waals surface area (Å²) >= 11 is 0. The summed E-state index contributed by atoms with van der Waals surface area (Å²) in [5.41, 5.74) is 2.13. The third-order valence-corrected chi connectivity index (χ3v) is 3.85. The van der Waals surface area contributed by atoms with Gasteiger partial charge in [0, 0.05) is 11.7 Å². The van der Waals surface area contributed by atoms with Crippen molar-refractivity contribution in [1.82, 2.24) is 20.2 Å². The predicted molar refractivity (Wildman–Crippen MR) is 74.2 cm³/mol. The number of anilines is 1. The summed E-state index contributed by atoms with van der Waals surface area (Å²) in [5, 5.41) is 14.9. The first-order chi connectivity index (χ1) is 9.31. The molecule has 0 spiro atoms. The Morgan fingerprint density at radius 2 is 2.05 bits per heavy atom. The SMILES string of the molecule is CC1CCC(Nc2cccc(-n3cnnn3)c2)CC1. The van der Waals surface area contributed by atoms with E-state index in [0.29, 0.717) is 6.04 Å². The lowest BCUT2D eigenvalue weighted by Gasteiger charge is -2.27. The monoisotopic (exact) mass is 257 g/mol. The Labute approximate surface area is 113 Å². The number of hydrogen-bond acceptors (Lipinski definition) is 4. The van der Waals surface area contributed by atoms with E-state index >= 15 is 0 Å². The van der Waals surface area contributed by atoms with Crippen LogP contribution in [0.5, 0.6) is 0 Å². The van der Waals surface area contributed by atoms with Crippen LogP contribution in [-0.2, 0) is 0 Å². The molecule has 1 fully saturated rings. The van der Waals surface area contributed by atoms with Crippen molar-refractivity contribution in [3.63, 3.8) is 0 Å². The summed E-state index contributed by atoms with van der Waals surface area (Å²) in [6.07, 6.45) is 6.78. The van der Waals surface area contributed by atoms with Gasteiger partial charge in [-0.05, 0) is 60.2 Å². The van der Waals surface area contributed by atoms with Crippen molar-refractivity contribution >= 4 is 5.69 Å². The van der Waals surface area contributed by atoms with Crippen molar-refractivity contribution < 1.29 is 0 Å². The fraction of sp³-hybridized carbons (Fsp3) is 0.500. The van der Waals surface area contributed by atoms with Crippen molar-refractivity contribution in [2.45, 2.75) is 38.6 Å². The molecule has 1 saturated carbocycles. The first-order valence-electron chi connectivity index (χ1n) is 6.91. The van der Waals surface area contributed by atoms with Crippen LogP contribution >= 0.6 is 0 Å². The van der Waals surface area contributed by atoms with Crippen LogP contribution in [0, 0.1) is 5.92 Å². The molecule has 100 valence electrons. The van der Waals surface area contributed by atoms with E-state index in [-0.39, 0.29) is 0 Å². The molecular formula is C14H19N5. The first-order valence-corrected chi connectivity index (χ1v) is 6.91. The zero-order valence-electron chi connectivity index (χ0n) is 11.2. The summed E-state index contributed by atoms with van der Waals surface area (Å²) < 4.78 is 1.67. The average molecular weight is 257 g/mol. The number of benzene rings is 1. The van der Waals surface area contributed by atoms with Gasteiger partial charge in [-0.2, -0.15) is 0 Å². The minimum Gasteiger partial charge on any atom is -0.382 e. The van der Waals surface area contributed by atoms with Gasteiger partial charge in [0.1, 0.15) is 6.33 Å². The quantitative estimate of drug-likeness (QED) is 0.918. The van der Waals surface area contributed by atoms with Crippen LogP contribution < -0.4 is 5.32 Å². The molecule has 0 unspecified atom stereocenters. The second-order valence-corrected chi connectivity index (χ2v) is 5.41. The van der Waals surface area contributed by atoms with Crippen LogP contribution in [0.25, 0.3) is 5.69 Å². The molecule has 0 aliphatic heterocycles. The minimum absolute atomic E-state index is 0.598. The molecule has 1 heterocycles. The topological polar surface area (TPSA) is 55.6 Å². The summed E-state index contributed by atoms with van der Waals surface area (Å²) in [5.74, 6) is 0.880. The minimum atomic E-state index is 0.598. The molecule has 1 N–H and O–H groups in total. The lowest BCUT2D eigenvalue weighted by molar-refractivity contribution is 0.361. The van der Waals surface area contributed by atoms with Gasteiger partial charge in [0.25, 0.3) is 0 Å². The largest absolute Gasteiger partial charge is 0.382 e. The van der Waals surface area contributed by atoms with Gasteiger partial charge in [0.05, 0.1) is 5.69 Å². The van der Waals surface area contributed by atoms with Crippen molar-refractivity contribution in [3.8, 4) is 5.69 Å². The smallest absolute Gasteiger partial charge is 0.143 e. The maximum absolute atomic E-state index is 3.91. The Balaban J connectivity index is 1.70. The Hall–Kier alpha value is -1.91. The van der Waals surface area contributed by atoms with E-state index in [1.165, 1.54) is 25.7 Å². The molecule has 5 nitrogen and oxygen atoms in total. The van der Waals surface area contributed by atoms with Crippen LogP contribution in [0.15, 0.2) is 30.6 Å². The normalized spacial score (nSPS) is 23.2. The van der Waals surface area contributed by atoms with Crippen molar-refractivity contribution in [2.75, 3.05) is 5.32 Å². The molecule has 3 rings (SSSR count). The number of rotatable bonds is 3. The molecule has 1 aliphatic carbocycles. The molecule has 0 saturated heterocycles. The molecular weight excluding hydrogens is 238 g/mol. The Kier molecular flexibility index (Phi) is 3.44. The number of nitrogens with zero attached hydrogens (tertiary/aromatic N) is 4. The predicted octanol–water partition coefficient (Wildman–Crippen LogP) is 2.65. The molecule has 1 aliphatic rings. The van der Waals surface area contributed by atoms with Crippen LogP contribution in [0.3, 0.4) is 0 Å². The lowest BCUT2D eigenvalue weighted by Crippen LogP contribution is -2.25. The Morgan fingerprint density at radius 3 is 2.79 bits per heavy atom. The highest BCUT2D eigenvalue weighted by molar-refractivity contribution is 5.51. The maximum atomic E-state index is 3.91. The van der Waals surface area contributed by atoms with Crippen LogP contribution in [0.1, 0.15) is 32.6 Å². The van der Waals surface area contributed by atoms with Gasteiger partial charge in [0.15, 0.2) is 0 Å². The van der Waals surface area contributed by atoms with Crippen molar-refractivity contribution in [2.24, 2.45) is 5.92 Å². The molecule has 5 heteroatoms. The summed E-state index contributed by atoms with van der Waals surface area (Å²) in [4.78, 5) is 0. The second kappa shape index (κ2) is 5.38. The molecule has 1 aromatic carbocycles. The molecule has 0 amide bonds. The van der Waals surface area contributed by atoms with E-state index in [9.17, 15) is 0 Å². The zero-order chi connectivity index (χ0) is 13.1. The highest BCUT2D eigenvalue weighted by Crippen LogP contribution is 2.26. The van der Waals surface area contributed by atoms with Gasteiger partial charge in [0.2, 0.25) is 0 Å². The van der Waals surface area contributed by atoms with E-state index in [2.05, 4.69) is 39.9 Å². The van der Waals surface area contributed by atoms with Gasteiger partial charge < -0.3 is 5.32 Å². The van der Waals surface area contributed by atoms with Crippen LogP contribution in [0.2, 0.25) is 0 Å². The third kappa shape index (κ3) is 2.92. The third-order valence-electron chi connectivity index (χ3n) is 3.85. The van der Waals surface area contributed by atoms with Gasteiger partial charge in [-0.25, -0.2) is 4.68 Å². The molecule has 2 aromatic rings. The van der Waals surface area contributed by atoms with Gasteiger partial charge >= 0.3 is 0 Å². The lowest BCUT2D eigenvalue weighted by atomic mass is 9.87. The van der Waals surface area contributed by atoms with Crippen LogP contribution in [-0.4, -0.2) is 26.2 Å². The molecule has 0 bridgehead atoms.